The number of rotatable bonds is 4. The number of aromatic nitrogens is 2. The summed E-state index contributed by atoms with van der Waals surface area (Å²) in [5, 5.41) is 8.56. The second-order valence-corrected chi connectivity index (χ2v) is 7.66. The van der Waals surface area contributed by atoms with Gasteiger partial charge >= 0.3 is 0 Å². The molecule has 138 valence electrons. The van der Waals surface area contributed by atoms with Gasteiger partial charge in [0.1, 0.15) is 0 Å². The number of nitrogens with zero attached hydrogens (tertiary/aromatic N) is 5. The minimum atomic E-state index is 0.217. The third-order valence-electron chi connectivity index (χ3n) is 5.73. The molecule has 0 aromatic carbocycles. The smallest absolute Gasteiger partial charge is 0.219 e. The van der Waals surface area contributed by atoms with Gasteiger partial charge in [-0.3, -0.25) is 4.79 Å². The Hall–Kier alpha value is -1.69. The molecule has 2 aliphatic rings. The van der Waals surface area contributed by atoms with E-state index in [1.807, 2.05) is 17.9 Å². The first kappa shape index (κ1) is 18.1. The van der Waals surface area contributed by atoms with Crippen LogP contribution in [0, 0.1) is 12.8 Å². The first-order valence-electron chi connectivity index (χ1n) is 9.54. The maximum atomic E-state index is 11.5. The first-order valence-corrected chi connectivity index (χ1v) is 9.54. The van der Waals surface area contributed by atoms with E-state index in [2.05, 4.69) is 33.1 Å². The van der Waals surface area contributed by atoms with Gasteiger partial charge in [-0.25, -0.2) is 0 Å². The quantitative estimate of drug-likeness (QED) is 0.835. The molecular weight excluding hydrogens is 314 g/mol. The van der Waals surface area contributed by atoms with Crippen molar-refractivity contribution in [3.05, 3.63) is 17.8 Å². The van der Waals surface area contributed by atoms with E-state index in [-0.39, 0.29) is 5.91 Å². The predicted molar refractivity (Wildman–Crippen MR) is 99.6 cm³/mol. The molecule has 0 spiro atoms. The van der Waals surface area contributed by atoms with Gasteiger partial charge in [0.25, 0.3) is 0 Å². The predicted octanol–water partition coefficient (Wildman–Crippen LogP) is 1.94. The van der Waals surface area contributed by atoms with Crippen LogP contribution in [0.4, 0.5) is 5.82 Å². The Bertz CT molecular complexity index is 568. The van der Waals surface area contributed by atoms with Gasteiger partial charge < -0.3 is 14.7 Å². The molecule has 0 saturated carbocycles. The van der Waals surface area contributed by atoms with E-state index in [1.165, 1.54) is 12.8 Å². The fourth-order valence-corrected chi connectivity index (χ4v) is 4.07. The summed E-state index contributed by atoms with van der Waals surface area (Å²) < 4.78 is 0. The molecule has 0 bridgehead atoms. The van der Waals surface area contributed by atoms with E-state index in [4.69, 9.17) is 0 Å². The first-order chi connectivity index (χ1) is 12.0. The van der Waals surface area contributed by atoms with Crippen molar-refractivity contribution in [2.24, 2.45) is 5.92 Å². The molecule has 25 heavy (non-hydrogen) atoms. The summed E-state index contributed by atoms with van der Waals surface area (Å²) in [6.07, 6.45) is 4.71. The fourth-order valence-electron chi connectivity index (χ4n) is 4.07. The molecule has 2 saturated heterocycles. The number of carbonyl (C=O) groups is 1. The van der Waals surface area contributed by atoms with E-state index in [0.29, 0.717) is 12.0 Å². The number of amides is 1. The zero-order valence-corrected chi connectivity index (χ0v) is 15.8. The van der Waals surface area contributed by atoms with E-state index in [0.717, 1.165) is 57.1 Å². The lowest BCUT2D eigenvalue weighted by Crippen LogP contribution is -2.49. The Balaban J connectivity index is 1.51. The Kier molecular flexibility index (Phi) is 5.89. The molecule has 3 heterocycles. The van der Waals surface area contributed by atoms with Gasteiger partial charge in [0, 0.05) is 45.7 Å². The van der Waals surface area contributed by atoms with E-state index in [9.17, 15) is 4.79 Å². The topological polar surface area (TPSA) is 52.6 Å². The highest BCUT2D eigenvalue weighted by Crippen LogP contribution is 2.23. The summed E-state index contributed by atoms with van der Waals surface area (Å²) in [7, 11) is 2.26. The molecule has 1 atom stereocenters. The summed E-state index contributed by atoms with van der Waals surface area (Å²) in [6, 6.07) is 4.70. The lowest BCUT2D eigenvalue weighted by Gasteiger charge is -2.40. The van der Waals surface area contributed by atoms with E-state index >= 15 is 0 Å². The maximum absolute atomic E-state index is 11.5. The van der Waals surface area contributed by atoms with Gasteiger partial charge in [0.15, 0.2) is 5.82 Å². The second-order valence-electron chi connectivity index (χ2n) is 7.66. The summed E-state index contributed by atoms with van der Waals surface area (Å²) in [6.45, 7) is 8.72. The standard InChI is InChI=1S/C19H31N5O/c1-15-6-7-19(21-20-15)24-10-4-5-18(14-24)22(3)13-17-8-11-23(12-9-17)16(2)25/h6-7,17-18H,4-5,8-14H2,1-3H3. The van der Waals surface area contributed by atoms with Gasteiger partial charge in [0.2, 0.25) is 5.91 Å². The lowest BCUT2D eigenvalue weighted by molar-refractivity contribution is -0.130. The fraction of sp³-hybridized carbons (Fsp3) is 0.737. The summed E-state index contributed by atoms with van der Waals surface area (Å²) in [5.41, 5.74) is 0.964. The average Bonchev–Trinajstić information content (AvgIpc) is 2.63. The SMILES string of the molecule is CC(=O)N1CCC(CN(C)C2CCCN(c3ccc(C)nn3)C2)CC1. The summed E-state index contributed by atoms with van der Waals surface area (Å²) in [5.74, 6) is 1.92. The van der Waals surface area contributed by atoms with Crippen LogP contribution in [0.2, 0.25) is 0 Å². The Labute approximate surface area is 151 Å². The molecule has 6 nitrogen and oxygen atoms in total. The lowest BCUT2D eigenvalue weighted by atomic mass is 9.94. The van der Waals surface area contributed by atoms with Gasteiger partial charge in [0.05, 0.1) is 5.69 Å². The van der Waals surface area contributed by atoms with Crippen LogP contribution in [0.3, 0.4) is 0 Å². The number of likely N-dealkylation sites (N-methyl/N-ethyl adjacent to an activating group) is 1. The monoisotopic (exact) mass is 345 g/mol. The van der Waals surface area contributed by atoms with Crippen LogP contribution in [-0.2, 0) is 4.79 Å². The second kappa shape index (κ2) is 8.13. The van der Waals surface area contributed by atoms with Crippen molar-refractivity contribution in [2.75, 3.05) is 44.7 Å². The van der Waals surface area contributed by atoms with Crippen molar-refractivity contribution in [3.63, 3.8) is 0 Å². The number of carbonyl (C=O) groups excluding carboxylic acids is 1. The minimum absolute atomic E-state index is 0.217. The zero-order valence-electron chi connectivity index (χ0n) is 15.8. The van der Waals surface area contributed by atoms with Crippen LogP contribution < -0.4 is 4.90 Å². The van der Waals surface area contributed by atoms with Crippen molar-refractivity contribution in [1.82, 2.24) is 20.0 Å². The number of anilines is 1. The van der Waals surface area contributed by atoms with Crippen molar-refractivity contribution in [1.29, 1.82) is 0 Å². The van der Waals surface area contributed by atoms with Crippen LogP contribution in [-0.4, -0.2) is 71.7 Å². The van der Waals surface area contributed by atoms with E-state index < -0.39 is 0 Å². The third kappa shape index (κ3) is 4.69. The highest BCUT2D eigenvalue weighted by atomic mass is 16.2. The molecule has 2 aliphatic heterocycles. The molecule has 1 unspecified atom stereocenters. The van der Waals surface area contributed by atoms with Gasteiger partial charge in [-0.15, -0.1) is 5.10 Å². The van der Waals surface area contributed by atoms with Crippen LogP contribution in [0.25, 0.3) is 0 Å². The van der Waals surface area contributed by atoms with Gasteiger partial charge in [-0.1, -0.05) is 0 Å². The molecule has 0 aliphatic carbocycles. The Morgan fingerprint density at radius 3 is 2.60 bits per heavy atom. The van der Waals surface area contributed by atoms with Crippen LogP contribution in [0.5, 0.6) is 0 Å². The molecule has 1 amide bonds. The van der Waals surface area contributed by atoms with Crippen molar-refractivity contribution >= 4 is 11.7 Å². The number of piperidine rings is 2. The van der Waals surface area contributed by atoms with Gasteiger partial charge in [-0.05, 0) is 57.7 Å². The average molecular weight is 345 g/mol. The van der Waals surface area contributed by atoms with Crippen LogP contribution in [0.15, 0.2) is 12.1 Å². The molecule has 1 aromatic heterocycles. The van der Waals surface area contributed by atoms with Crippen LogP contribution >= 0.6 is 0 Å². The van der Waals surface area contributed by atoms with E-state index in [1.54, 1.807) is 6.92 Å². The Morgan fingerprint density at radius 2 is 1.96 bits per heavy atom. The number of aryl methyl sites for hydroxylation is 1. The van der Waals surface area contributed by atoms with Crippen molar-refractivity contribution < 1.29 is 4.79 Å². The van der Waals surface area contributed by atoms with Crippen LogP contribution in [0.1, 0.15) is 38.3 Å². The highest BCUT2D eigenvalue weighted by Gasteiger charge is 2.27. The molecule has 6 heteroatoms. The highest BCUT2D eigenvalue weighted by molar-refractivity contribution is 5.73. The number of likely N-dealkylation sites (tertiary alicyclic amines) is 1. The van der Waals surface area contributed by atoms with Crippen molar-refractivity contribution in [2.45, 2.75) is 45.6 Å². The molecule has 2 fully saturated rings. The third-order valence-corrected chi connectivity index (χ3v) is 5.73. The van der Waals surface area contributed by atoms with Crippen molar-refractivity contribution in [3.8, 4) is 0 Å². The molecular formula is C19H31N5O. The molecule has 1 aromatic rings. The van der Waals surface area contributed by atoms with Gasteiger partial charge in [-0.2, -0.15) is 5.10 Å². The zero-order chi connectivity index (χ0) is 17.8. The molecule has 0 N–H and O–H groups in total. The largest absolute Gasteiger partial charge is 0.354 e. The summed E-state index contributed by atoms with van der Waals surface area (Å²) >= 11 is 0. The normalized spacial score (nSPS) is 22.5. The summed E-state index contributed by atoms with van der Waals surface area (Å²) in [4.78, 5) is 18.3. The number of hydrogen-bond donors (Lipinski definition) is 0. The molecule has 0 radical (unpaired) electrons. The Morgan fingerprint density at radius 1 is 1.20 bits per heavy atom. The maximum Gasteiger partial charge on any atom is 0.219 e. The number of hydrogen-bond acceptors (Lipinski definition) is 5. The molecule has 3 rings (SSSR count). The minimum Gasteiger partial charge on any atom is -0.354 e.